The molecule has 0 aliphatic carbocycles. The lowest BCUT2D eigenvalue weighted by Crippen LogP contribution is -2.50. The van der Waals surface area contributed by atoms with E-state index < -0.39 is 36.4 Å². The third-order valence-electron chi connectivity index (χ3n) is 8.04. The van der Waals surface area contributed by atoms with Crippen LogP contribution in [0, 0.1) is 12.7 Å². The predicted molar refractivity (Wildman–Crippen MR) is 133 cm³/mol. The molecule has 0 saturated heterocycles. The van der Waals surface area contributed by atoms with Crippen molar-refractivity contribution in [3.8, 4) is 0 Å². The zero-order valence-corrected chi connectivity index (χ0v) is 21.4. The highest BCUT2D eigenvalue weighted by molar-refractivity contribution is 7.99. The molecule has 5 heterocycles. The van der Waals surface area contributed by atoms with Crippen molar-refractivity contribution in [1.82, 2.24) is 14.8 Å². The van der Waals surface area contributed by atoms with E-state index in [-0.39, 0.29) is 25.4 Å². The number of pyridine rings is 1. The zero-order valence-electron chi connectivity index (χ0n) is 20.5. The molecule has 37 heavy (non-hydrogen) atoms. The fourth-order valence-electron chi connectivity index (χ4n) is 5.85. The fourth-order valence-corrected chi connectivity index (χ4v) is 7.23. The van der Waals surface area contributed by atoms with Gasteiger partial charge in [-0.2, -0.15) is 0 Å². The monoisotopic (exact) mass is 527 g/mol. The normalized spacial score (nSPS) is 26.0. The third kappa shape index (κ3) is 3.17. The highest BCUT2D eigenvalue weighted by Crippen LogP contribution is 2.51. The van der Waals surface area contributed by atoms with E-state index in [9.17, 15) is 29.3 Å². The number of fused-ring (bicyclic) bond motifs is 4. The number of amides is 1. The van der Waals surface area contributed by atoms with Crippen molar-refractivity contribution in [3.05, 3.63) is 51.5 Å². The maximum Gasteiger partial charge on any atom is 0.343 e. The fraction of sp³-hybridized carbons (Fsp3) is 0.423. The summed E-state index contributed by atoms with van der Waals surface area (Å²) in [4.78, 5) is 33.8. The van der Waals surface area contributed by atoms with Crippen molar-refractivity contribution in [3.63, 3.8) is 0 Å². The molecule has 0 fully saturated rings. The number of carbonyl (C=O) groups is 2. The van der Waals surface area contributed by atoms with Crippen LogP contribution in [0.15, 0.2) is 28.2 Å². The Hall–Kier alpha value is -2.99. The van der Waals surface area contributed by atoms with Gasteiger partial charge < -0.3 is 29.9 Å². The number of thioether (sulfide) groups is 1. The number of benzene rings is 1. The molecule has 0 radical (unpaired) electrons. The molecule has 194 valence electrons. The van der Waals surface area contributed by atoms with Crippen LogP contribution >= 0.6 is 11.8 Å². The minimum Gasteiger partial charge on any atom is -0.459 e. The van der Waals surface area contributed by atoms with Gasteiger partial charge in [0.15, 0.2) is 11.8 Å². The maximum atomic E-state index is 14.9. The molecular formula is C26H26FN3O6S. The Balaban J connectivity index is 1.63. The maximum absolute atomic E-state index is 14.9. The number of aromatic nitrogens is 1. The quantitative estimate of drug-likeness (QED) is 0.513. The number of hydrogen-bond donors (Lipinski definition) is 3. The van der Waals surface area contributed by atoms with Crippen LogP contribution in [0.5, 0.6) is 0 Å². The summed E-state index contributed by atoms with van der Waals surface area (Å²) in [6.45, 7) is 2.86. The largest absolute Gasteiger partial charge is 0.459 e. The van der Waals surface area contributed by atoms with E-state index in [2.05, 4.69) is 0 Å². The molecule has 4 aliphatic rings. The van der Waals surface area contributed by atoms with Gasteiger partial charge in [-0.15, -0.1) is 11.8 Å². The lowest BCUT2D eigenvalue weighted by atomic mass is 9.82. The van der Waals surface area contributed by atoms with Gasteiger partial charge in [0.25, 0.3) is 0 Å². The minimum absolute atomic E-state index is 0.0611. The number of likely N-dealkylation sites (N-methyl/N-ethyl adjacent to an activating group) is 1. The standard InChI is InChI=1S/C26H26FN3O6S/c1-4-26(35)14-5-17-22-12(7-30(17)24(33)13(14)9-36-25(26)34)20-18(29(3)19(32)8-31)10-37-23-11(2)15(27)6-16(28-22)21(20)23/h5-6,18,24,31,33,35H,4,7-10H2,1-3H3/t18-,24?,26+/m1/s1. The molecule has 4 aliphatic heterocycles. The molecule has 2 aromatic rings. The van der Waals surface area contributed by atoms with Crippen LogP contribution in [0.3, 0.4) is 0 Å². The SMILES string of the molecule is CC[C@@]1(O)C(=O)OCC2=C1C=C1c3nc4cc(F)c(C)c5c4c(c3CN1C2O)[C@H](N(C)C(=O)CO)CS5. The number of aliphatic hydroxyl groups is 3. The molecule has 0 bridgehead atoms. The summed E-state index contributed by atoms with van der Waals surface area (Å²) in [7, 11) is 1.63. The number of esters is 1. The minimum atomic E-state index is -1.90. The van der Waals surface area contributed by atoms with Crippen molar-refractivity contribution >= 4 is 40.2 Å². The first-order valence-electron chi connectivity index (χ1n) is 12.1. The number of cyclic esters (lactones) is 1. The molecule has 0 spiro atoms. The summed E-state index contributed by atoms with van der Waals surface area (Å²) in [5.74, 6) is -1.14. The van der Waals surface area contributed by atoms with Gasteiger partial charge >= 0.3 is 5.97 Å². The first-order chi connectivity index (χ1) is 17.6. The molecule has 1 amide bonds. The van der Waals surface area contributed by atoms with Crippen molar-refractivity contribution in [1.29, 1.82) is 0 Å². The first-order valence-corrected chi connectivity index (χ1v) is 13.1. The summed E-state index contributed by atoms with van der Waals surface area (Å²) in [6, 6.07) is 0.961. The molecule has 1 aromatic heterocycles. The molecule has 3 N–H and O–H groups in total. The Morgan fingerprint density at radius 1 is 1.43 bits per heavy atom. The van der Waals surface area contributed by atoms with Gasteiger partial charge in [0.1, 0.15) is 19.0 Å². The van der Waals surface area contributed by atoms with Crippen molar-refractivity contribution < 1.29 is 34.0 Å². The summed E-state index contributed by atoms with van der Waals surface area (Å²) in [6.07, 6.45) is 0.562. The summed E-state index contributed by atoms with van der Waals surface area (Å²) < 4.78 is 20.1. The Bertz CT molecular complexity index is 1470. The van der Waals surface area contributed by atoms with E-state index in [0.29, 0.717) is 39.4 Å². The molecule has 1 unspecified atom stereocenters. The van der Waals surface area contributed by atoms with E-state index >= 15 is 0 Å². The molecule has 3 atom stereocenters. The van der Waals surface area contributed by atoms with Gasteiger partial charge in [0.05, 0.1) is 22.9 Å². The van der Waals surface area contributed by atoms with Crippen molar-refractivity contribution in [2.24, 2.45) is 0 Å². The molecule has 9 nitrogen and oxygen atoms in total. The van der Waals surface area contributed by atoms with Crippen molar-refractivity contribution in [2.45, 2.75) is 49.6 Å². The third-order valence-corrected chi connectivity index (χ3v) is 9.32. The molecule has 6 rings (SSSR count). The van der Waals surface area contributed by atoms with Crippen LogP contribution in [-0.4, -0.2) is 79.8 Å². The molecule has 0 saturated carbocycles. The van der Waals surface area contributed by atoms with Gasteiger partial charge in [-0.1, -0.05) is 6.92 Å². The lowest BCUT2D eigenvalue weighted by molar-refractivity contribution is -0.164. The smallest absolute Gasteiger partial charge is 0.343 e. The average Bonchev–Trinajstić information content (AvgIpc) is 3.27. The Labute approximate surface area is 216 Å². The summed E-state index contributed by atoms with van der Waals surface area (Å²) in [5.41, 5.74) is 2.32. The number of halogens is 1. The molecule has 1 aromatic carbocycles. The van der Waals surface area contributed by atoms with Crippen LogP contribution in [0.25, 0.3) is 16.6 Å². The number of nitrogens with zero attached hydrogens (tertiary/aromatic N) is 3. The zero-order chi connectivity index (χ0) is 26.4. The highest BCUT2D eigenvalue weighted by Gasteiger charge is 2.50. The van der Waals surface area contributed by atoms with E-state index in [0.717, 1.165) is 21.4 Å². The van der Waals surface area contributed by atoms with E-state index in [4.69, 9.17) is 9.72 Å². The van der Waals surface area contributed by atoms with Gasteiger partial charge in [-0.05, 0) is 30.5 Å². The first kappa shape index (κ1) is 24.4. The van der Waals surface area contributed by atoms with Crippen molar-refractivity contribution in [2.75, 3.05) is 26.0 Å². The second-order valence-corrected chi connectivity index (χ2v) is 10.8. The lowest BCUT2D eigenvalue weighted by Gasteiger charge is -2.40. The second-order valence-electron chi connectivity index (χ2n) is 9.81. The average molecular weight is 528 g/mol. The summed E-state index contributed by atoms with van der Waals surface area (Å²) >= 11 is 1.45. The van der Waals surface area contributed by atoms with Gasteiger partial charge in [-0.25, -0.2) is 14.2 Å². The van der Waals surface area contributed by atoms with E-state index in [1.807, 2.05) is 0 Å². The number of aliphatic hydroxyl groups excluding tert-OH is 2. The molecular weight excluding hydrogens is 501 g/mol. The highest BCUT2D eigenvalue weighted by atomic mass is 32.2. The Morgan fingerprint density at radius 3 is 2.89 bits per heavy atom. The molecule has 11 heteroatoms. The number of rotatable bonds is 3. The Morgan fingerprint density at radius 2 is 2.19 bits per heavy atom. The summed E-state index contributed by atoms with van der Waals surface area (Å²) in [5, 5.41) is 32.8. The van der Waals surface area contributed by atoms with Gasteiger partial charge in [0, 0.05) is 52.4 Å². The topological polar surface area (TPSA) is 123 Å². The Kier molecular flexibility index (Phi) is 5.43. The van der Waals surface area contributed by atoms with Crippen LogP contribution in [0.1, 0.15) is 41.8 Å². The van der Waals surface area contributed by atoms with Crippen LogP contribution in [0.2, 0.25) is 0 Å². The van der Waals surface area contributed by atoms with Crippen LogP contribution in [0.4, 0.5) is 4.39 Å². The van der Waals surface area contributed by atoms with Crippen LogP contribution < -0.4 is 0 Å². The van der Waals surface area contributed by atoms with E-state index in [1.165, 1.54) is 22.7 Å². The number of carbonyl (C=O) groups excluding carboxylic acids is 2. The van der Waals surface area contributed by atoms with Crippen LogP contribution in [-0.2, 0) is 20.9 Å². The second kappa shape index (κ2) is 8.26. The predicted octanol–water partition coefficient (Wildman–Crippen LogP) is 1.76. The van der Waals surface area contributed by atoms with Gasteiger partial charge in [0.2, 0.25) is 5.91 Å². The van der Waals surface area contributed by atoms with E-state index in [1.54, 1.807) is 31.9 Å². The number of hydrogen-bond acceptors (Lipinski definition) is 9. The van der Waals surface area contributed by atoms with Gasteiger partial charge in [-0.3, -0.25) is 4.79 Å². The number of ether oxygens (including phenoxy) is 1.